The fraction of sp³-hybridized carbons (Fsp3) is 0.423. The summed E-state index contributed by atoms with van der Waals surface area (Å²) in [4.78, 5) is 44.7. The summed E-state index contributed by atoms with van der Waals surface area (Å²) >= 11 is 6.18. The molecule has 0 radical (unpaired) electrons. The molecule has 1 aliphatic carbocycles. The lowest BCUT2D eigenvalue weighted by Gasteiger charge is -2.37. The molecule has 184 valence electrons. The number of ether oxygens (including phenoxy) is 1. The van der Waals surface area contributed by atoms with Crippen LogP contribution in [0.4, 0.5) is 11.4 Å². The van der Waals surface area contributed by atoms with E-state index in [4.69, 9.17) is 16.3 Å². The lowest BCUT2D eigenvalue weighted by Crippen LogP contribution is -2.50. The van der Waals surface area contributed by atoms with Gasteiger partial charge in [-0.1, -0.05) is 23.7 Å². The molecule has 2 aromatic rings. The third-order valence-electron chi connectivity index (χ3n) is 6.76. The van der Waals surface area contributed by atoms with Gasteiger partial charge in [-0.15, -0.1) is 0 Å². The summed E-state index contributed by atoms with van der Waals surface area (Å²) in [5.74, 6) is 0.0434. The number of halogens is 1. The predicted octanol–water partition coefficient (Wildman–Crippen LogP) is 3.12. The molecule has 0 unspecified atom stereocenters. The molecule has 3 aliphatic rings. The number of carbonyl (C=O) groups is 3. The number of nitrogens with zero attached hydrogens (tertiary/aromatic N) is 3. The van der Waals surface area contributed by atoms with Crippen molar-refractivity contribution < 1.29 is 19.1 Å². The molecule has 0 bridgehead atoms. The average Bonchev–Trinajstić information content (AvgIpc) is 3.74. The number of benzene rings is 2. The van der Waals surface area contributed by atoms with E-state index >= 15 is 0 Å². The molecule has 3 amide bonds. The van der Waals surface area contributed by atoms with Gasteiger partial charge in [0.15, 0.2) is 0 Å². The average molecular weight is 497 g/mol. The molecular formula is C26H29ClN4O4. The second-order valence-corrected chi connectivity index (χ2v) is 9.56. The van der Waals surface area contributed by atoms with Gasteiger partial charge in [0.05, 0.1) is 29.4 Å². The molecule has 0 aromatic heterocycles. The fourth-order valence-corrected chi connectivity index (χ4v) is 4.82. The zero-order valence-electron chi connectivity index (χ0n) is 19.5. The number of hydrogen-bond donors (Lipinski definition) is 1. The molecule has 0 spiro atoms. The van der Waals surface area contributed by atoms with Crippen molar-refractivity contribution in [2.45, 2.75) is 12.8 Å². The van der Waals surface area contributed by atoms with Crippen LogP contribution in [0.1, 0.15) is 33.6 Å². The number of carbonyl (C=O) groups excluding carboxylic acids is 3. The van der Waals surface area contributed by atoms with Gasteiger partial charge in [0, 0.05) is 56.6 Å². The molecule has 2 aromatic carbocycles. The van der Waals surface area contributed by atoms with Crippen LogP contribution in [-0.4, -0.2) is 80.0 Å². The minimum Gasteiger partial charge on any atom is -0.378 e. The Labute approximate surface area is 209 Å². The quantitative estimate of drug-likeness (QED) is 0.687. The van der Waals surface area contributed by atoms with Crippen LogP contribution in [-0.2, 0) is 9.53 Å². The van der Waals surface area contributed by atoms with Crippen molar-refractivity contribution in [2.24, 2.45) is 5.92 Å². The maximum Gasteiger partial charge on any atom is 0.257 e. The van der Waals surface area contributed by atoms with Crippen LogP contribution in [0.25, 0.3) is 0 Å². The standard InChI is InChI=1S/C26H29ClN4O4/c27-22-4-2-1-3-20(22)24(32)28-19-7-8-23(21(17-19)26(34)31-13-15-35-16-14-31)29-9-11-30(12-10-29)25(33)18-5-6-18/h1-4,7-8,17-18H,5-6,9-16H2,(H,28,32). The monoisotopic (exact) mass is 496 g/mol. The molecule has 5 rings (SSSR count). The van der Waals surface area contributed by atoms with E-state index in [-0.39, 0.29) is 23.6 Å². The van der Waals surface area contributed by atoms with Crippen molar-refractivity contribution in [2.75, 3.05) is 62.7 Å². The van der Waals surface area contributed by atoms with Gasteiger partial charge in [-0.2, -0.15) is 0 Å². The Balaban J connectivity index is 1.38. The first kappa shape index (κ1) is 23.6. The maximum atomic E-state index is 13.5. The first-order valence-corrected chi connectivity index (χ1v) is 12.5. The molecule has 2 aliphatic heterocycles. The van der Waals surface area contributed by atoms with Crippen LogP contribution < -0.4 is 10.2 Å². The van der Waals surface area contributed by atoms with Crippen LogP contribution in [0.2, 0.25) is 5.02 Å². The highest BCUT2D eigenvalue weighted by Crippen LogP contribution is 2.32. The van der Waals surface area contributed by atoms with E-state index < -0.39 is 0 Å². The van der Waals surface area contributed by atoms with Crippen molar-refractivity contribution in [1.29, 1.82) is 0 Å². The number of morpholine rings is 1. The summed E-state index contributed by atoms with van der Waals surface area (Å²) in [6.07, 6.45) is 2.00. The fourth-order valence-electron chi connectivity index (χ4n) is 4.60. The molecule has 35 heavy (non-hydrogen) atoms. The summed E-state index contributed by atoms with van der Waals surface area (Å²) in [5.41, 5.74) is 2.25. The molecule has 0 atom stereocenters. The highest BCUT2D eigenvalue weighted by atomic mass is 35.5. The zero-order chi connectivity index (χ0) is 24.4. The number of rotatable bonds is 5. The van der Waals surface area contributed by atoms with E-state index in [0.717, 1.165) is 18.5 Å². The number of hydrogen-bond acceptors (Lipinski definition) is 5. The smallest absolute Gasteiger partial charge is 0.257 e. The molecule has 1 N–H and O–H groups in total. The van der Waals surface area contributed by atoms with Gasteiger partial charge in [-0.3, -0.25) is 14.4 Å². The maximum absolute atomic E-state index is 13.5. The highest BCUT2D eigenvalue weighted by Gasteiger charge is 2.35. The summed E-state index contributed by atoms with van der Waals surface area (Å²) < 4.78 is 5.42. The predicted molar refractivity (Wildman–Crippen MR) is 134 cm³/mol. The van der Waals surface area contributed by atoms with Gasteiger partial charge >= 0.3 is 0 Å². The summed E-state index contributed by atoms with van der Waals surface area (Å²) in [5, 5.41) is 3.24. The Morgan fingerprint density at radius 2 is 1.57 bits per heavy atom. The van der Waals surface area contributed by atoms with Gasteiger partial charge in [0.2, 0.25) is 5.91 Å². The number of anilines is 2. The van der Waals surface area contributed by atoms with Crippen molar-refractivity contribution in [3.63, 3.8) is 0 Å². The molecular weight excluding hydrogens is 468 g/mol. The van der Waals surface area contributed by atoms with Gasteiger partial charge in [0.1, 0.15) is 0 Å². The normalized spacial score (nSPS) is 18.4. The Morgan fingerprint density at radius 3 is 2.26 bits per heavy atom. The van der Waals surface area contributed by atoms with E-state index in [1.807, 2.05) is 17.0 Å². The second-order valence-electron chi connectivity index (χ2n) is 9.16. The van der Waals surface area contributed by atoms with Gasteiger partial charge in [-0.25, -0.2) is 0 Å². The van der Waals surface area contributed by atoms with Crippen molar-refractivity contribution in [3.8, 4) is 0 Å². The largest absolute Gasteiger partial charge is 0.378 e. The van der Waals surface area contributed by atoms with Gasteiger partial charge in [-0.05, 0) is 43.2 Å². The van der Waals surface area contributed by atoms with Crippen LogP contribution >= 0.6 is 11.6 Å². The van der Waals surface area contributed by atoms with Gasteiger partial charge < -0.3 is 24.8 Å². The first-order valence-electron chi connectivity index (χ1n) is 12.1. The lowest BCUT2D eigenvalue weighted by atomic mass is 10.1. The second kappa shape index (κ2) is 10.3. The van der Waals surface area contributed by atoms with E-state index in [2.05, 4.69) is 10.2 Å². The Hall–Kier alpha value is -3.10. The third-order valence-corrected chi connectivity index (χ3v) is 7.09. The molecule has 2 saturated heterocycles. The van der Waals surface area contributed by atoms with E-state index in [1.165, 1.54) is 0 Å². The van der Waals surface area contributed by atoms with Crippen LogP contribution in [0.5, 0.6) is 0 Å². The van der Waals surface area contributed by atoms with Crippen LogP contribution in [0.15, 0.2) is 42.5 Å². The van der Waals surface area contributed by atoms with Crippen molar-refractivity contribution in [1.82, 2.24) is 9.80 Å². The first-order chi connectivity index (χ1) is 17.0. The topological polar surface area (TPSA) is 82.2 Å². The third kappa shape index (κ3) is 5.28. The minimum atomic E-state index is -0.333. The summed E-state index contributed by atoms with van der Waals surface area (Å²) in [6, 6.07) is 12.3. The highest BCUT2D eigenvalue weighted by molar-refractivity contribution is 6.34. The Morgan fingerprint density at radius 1 is 0.857 bits per heavy atom. The molecule has 9 heteroatoms. The summed E-state index contributed by atoms with van der Waals surface area (Å²) in [7, 11) is 0. The molecule has 1 saturated carbocycles. The molecule has 2 heterocycles. The number of nitrogens with one attached hydrogen (secondary N) is 1. The van der Waals surface area contributed by atoms with E-state index in [1.54, 1.807) is 35.2 Å². The Kier molecular flexibility index (Phi) is 6.92. The van der Waals surface area contributed by atoms with Crippen LogP contribution in [0.3, 0.4) is 0 Å². The van der Waals surface area contributed by atoms with Crippen molar-refractivity contribution >= 4 is 40.7 Å². The van der Waals surface area contributed by atoms with Crippen molar-refractivity contribution in [3.05, 3.63) is 58.6 Å². The lowest BCUT2D eigenvalue weighted by molar-refractivity contribution is -0.132. The van der Waals surface area contributed by atoms with Gasteiger partial charge in [0.25, 0.3) is 11.8 Å². The minimum absolute atomic E-state index is 0.0892. The molecule has 8 nitrogen and oxygen atoms in total. The zero-order valence-corrected chi connectivity index (χ0v) is 20.3. The number of amides is 3. The van der Waals surface area contributed by atoms with E-state index in [0.29, 0.717) is 74.3 Å². The molecule has 3 fully saturated rings. The Bertz CT molecular complexity index is 1120. The number of piperazine rings is 1. The van der Waals surface area contributed by atoms with Crippen LogP contribution in [0, 0.1) is 5.92 Å². The summed E-state index contributed by atoms with van der Waals surface area (Å²) in [6.45, 7) is 4.67. The van der Waals surface area contributed by atoms with E-state index in [9.17, 15) is 14.4 Å². The SMILES string of the molecule is O=C(Nc1ccc(N2CCN(C(=O)C3CC3)CC2)c(C(=O)N2CCOCC2)c1)c1ccccc1Cl.